The Hall–Kier alpha value is -2.42. The Morgan fingerprint density at radius 2 is 1.38 bits per heavy atom. The monoisotopic (exact) mass is 882 g/mol. The summed E-state index contributed by atoms with van der Waals surface area (Å²) in [6, 6.07) is 6.12. The molecule has 1 aromatic carbocycles. The molecule has 0 aromatic heterocycles. The summed E-state index contributed by atoms with van der Waals surface area (Å²) in [4.78, 5) is 22.0. The van der Waals surface area contributed by atoms with Crippen molar-refractivity contribution in [2.45, 2.75) is 126 Å². The van der Waals surface area contributed by atoms with Gasteiger partial charge in [-0.15, -0.1) is 0 Å². The number of carbonyl (C=O) groups is 2. The van der Waals surface area contributed by atoms with Crippen LogP contribution < -0.4 is 26.4 Å². The predicted octanol–water partition coefficient (Wildman–Crippen LogP) is 3.11. The van der Waals surface area contributed by atoms with Crippen molar-refractivity contribution in [1.82, 2.24) is 16.0 Å². The van der Waals surface area contributed by atoms with Gasteiger partial charge in [0.1, 0.15) is 17.8 Å². The molecule has 0 amide bonds. The molecule has 0 radical (unpaired) electrons. The molecule has 1 saturated heterocycles. The molecule has 9 aliphatic rings. The summed E-state index contributed by atoms with van der Waals surface area (Å²) < 4.78 is 74.1. The first-order chi connectivity index (χ1) is 28.3. The van der Waals surface area contributed by atoms with Crippen LogP contribution in [0, 0.1) is 40.9 Å². The van der Waals surface area contributed by atoms with Crippen molar-refractivity contribution in [2.24, 2.45) is 46.7 Å². The van der Waals surface area contributed by atoms with Gasteiger partial charge < -0.3 is 41.4 Å². The zero-order chi connectivity index (χ0) is 42.9. The molecule has 8 saturated carbocycles. The van der Waals surface area contributed by atoms with Crippen LogP contribution in [0.2, 0.25) is 0 Å². The lowest BCUT2D eigenvalue weighted by atomic mass is 9.47. The fourth-order valence-electron chi connectivity index (χ4n) is 13.2. The molecule has 60 heavy (non-hydrogen) atoms. The van der Waals surface area contributed by atoms with Gasteiger partial charge in [0.05, 0.1) is 30.8 Å². The smallest absolute Gasteiger partial charge is 0.320 e. The van der Waals surface area contributed by atoms with Crippen LogP contribution in [0.15, 0.2) is 24.3 Å². The fraction of sp³-hybridized carbons (Fsp3) is 0.810. The van der Waals surface area contributed by atoms with Crippen LogP contribution in [0.1, 0.15) is 95.5 Å². The Kier molecular flexibility index (Phi) is 14.0. The van der Waals surface area contributed by atoms with E-state index in [4.69, 9.17) is 34.5 Å². The molecule has 18 heteroatoms. The molecule has 10 rings (SSSR count). The summed E-state index contributed by atoms with van der Waals surface area (Å²) in [7, 11) is -7.80. The molecular formula is C42H66N4O12S2. The minimum Gasteiger partial charge on any atom is -0.493 e. The van der Waals surface area contributed by atoms with E-state index in [1.54, 1.807) is 0 Å². The van der Waals surface area contributed by atoms with Crippen LogP contribution in [0.5, 0.6) is 5.75 Å². The largest absolute Gasteiger partial charge is 0.493 e. The van der Waals surface area contributed by atoms with E-state index in [-0.39, 0.29) is 34.1 Å². The van der Waals surface area contributed by atoms with Gasteiger partial charge in [0.2, 0.25) is 0 Å². The van der Waals surface area contributed by atoms with Crippen LogP contribution in [0.25, 0.3) is 0 Å². The molecular weight excluding hydrogens is 817 g/mol. The second-order valence-electron chi connectivity index (χ2n) is 19.9. The lowest BCUT2D eigenvalue weighted by molar-refractivity contribution is -0.140. The van der Waals surface area contributed by atoms with Gasteiger partial charge in [-0.1, -0.05) is 12.1 Å². The van der Waals surface area contributed by atoms with Gasteiger partial charge in [0.15, 0.2) is 0 Å². The van der Waals surface area contributed by atoms with Crippen LogP contribution in [-0.4, -0.2) is 122 Å². The molecule has 1 aromatic rings. The molecule has 16 nitrogen and oxygen atoms in total. The lowest BCUT2D eigenvalue weighted by Gasteiger charge is -2.62. The standard InChI is InChI=1S/C23H34N2O6S.C19H32N2O6S/c24-21(22(26)27)10-15-2-4-19(5-3-15)31-14-20-17-8-16-9-18(20)13-23(11-16,12-17)25-6-1-7-32(28,29)30;22-17(23)16-5-15(10-20-16)27-12-18-6-13-4-14(7-18)9-19(8-13,11-18)21-2-1-3-28(24,25)26/h2-5,16-18,20-21,25H,1,6-14,24H2,(H,26,27)(H,28,29,30);13-16,20-21H,1-12H2,(H,22,23)(H,24,25,26)/t16?,17?,18?,20?,21-,23?;/m0./s1. The number of nitrogens with one attached hydrogen (secondary N) is 3. The molecule has 6 unspecified atom stereocenters. The summed E-state index contributed by atoms with van der Waals surface area (Å²) >= 11 is 0. The topological polar surface area (TPSA) is 264 Å². The van der Waals surface area contributed by atoms with E-state index in [9.17, 15) is 26.4 Å². The highest BCUT2D eigenvalue weighted by molar-refractivity contribution is 7.86. The highest BCUT2D eigenvalue weighted by Gasteiger charge is 2.58. The highest BCUT2D eigenvalue weighted by Crippen LogP contribution is 2.62. The summed E-state index contributed by atoms with van der Waals surface area (Å²) in [6.07, 6.45) is 14.5. The number of carboxylic acid groups (broad SMARTS) is 2. The Morgan fingerprint density at radius 3 is 1.93 bits per heavy atom. The fourth-order valence-corrected chi connectivity index (χ4v) is 14.2. The second kappa shape index (κ2) is 18.4. The first-order valence-corrected chi connectivity index (χ1v) is 25.2. The Balaban J connectivity index is 0.000000183. The van der Waals surface area contributed by atoms with Gasteiger partial charge in [0.25, 0.3) is 20.2 Å². The van der Waals surface area contributed by atoms with Gasteiger partial charge in [-0.3, -0.25) is 18.7 Å². The number of nitrogens with two attached hydrogens (primary N) is 1. The average molecular weight is 883 g/mol. The number of hydrogen-bond donors (Lipinski definition) is 8. The van der Waals surface area contributed by atoms with Gasteiger partial charge >= 0.3 is 11.9 Å². The number of benzene rings is 1. The molecule has 9 N–H and O–H groups in total. The Bertz CT molecular complexity index is 1870. The van der Waals surface area contributed by atoms with Gasteiger partial charge in [0, 0.05) is 24.0 Å². The van der Waals surface area contributed by atoms with Crippen LogP contribution in [-0.2, 0) is 41.0 Å². The van der Waals surface area contributed by atoms with Gasteiger partial charge in [-0.05, 0) is 162 Å². The average Bonchev–Trinajstić information content (AvgIpc) is 3.64. The number of ether oxygens (including phenoxy) is 2. The maximum absolute atomic E-state index is 11.1. The number of aliphatic carboxylic acids is 2. The van der Waals surface area contributed by atoms with Crippen molar-refractivity contribution in [1.29, 1.82) is 0 Å². The third-order valence-electron chi connectivity index (χ3n) is 15.0. The maximum atomic E-state index is 11.1. The van der Waals surface area contributed by atoms with Gasteiger partial charge in [-0.2, -0.15) is 16.8 Å². The van der Waals surface area contributed by atoms with E-state index >= 15 is 0 Å². The molecule has 338 valence electrons. The third kappa shape index (κ3) is 11.8. The SMILES string of the molecule is N[C@@H](Cc1ccc(OCC2C3CC4CC2CC(NCCCS(=O)(=O)O)(C4)C3)cc1)C(=O)O.O=C(O)C1CC(OCC23CC4CC(C2)CC(NCCCS(=O)(=O)O)(C4)C3)CN1. The minimum absolute atomic E-state index is 0.0345. The summed E-state index contributed by atoms with van der Waals surface area (Å²) in [5.41, 5.74) is 6.80. The maximum Gasteiger partial charge on any atom is 0.320 e. The lowest BCUT2D eigenvalue weighted by Crippen LogP contribution is -2.63. The van der Waals surface area contributed by atoms with E-state index in [1.807, 2.05) is 24.3 Å². The molecule has 0 spiro atoms. The molecule has 7 atom stereocenters. The zero-order valence-electron chi connectivity index (χ0n) is 34.5. The summed E-state index contributed by atoms with van der Waals surface area (Å²) in [5, 5.41) is 28.4. The quantitative estimate of drug-likeness (QED) is 0.0691. The third-order valence-corrected chi connectivity index (χ3v) is 16.6. The zero-order valence-corrected chi connectivity index (χ0v) is 36.1. The highest BCUT2D eigenvalue weighted by atomic mass is 32.2. The molecule has 1 aliphatic heterocycles. The molecule has 1 heterocycles. The normalized spacial score (nSPS) is 36.8. The van der Waals surface area contributed by atoms with Crippen molar-refractivity contribution in [3.05, 3.63) is 29.8 Å². The molecule has 8 bridgehead atoms. The summed E-state index contributed by atoms with van der Waals surface area (Å²) in [5.74, 6) is 2.46. The number of carboxylic acids is 2. The van der Waals surface area contributed by atoms with Crippen LogP contribution in [0.3, 0.4) is 0 Å². The van der Waals surface area contributed by atoms with E-state index < -0.39 is 44.3 Å². The van der Waals surface area contributed by atoms with E-state index in [0.717, 1.165) is 49.3 Å². The van der Waals surface area contributed by atoms with Crippen LogP contribution >= 0.6 is 0 Å². The van der Waals surface area contributed by atoms with E-state index in [1.165, 1.54) is 38.5 Å². The van der Waals surface area contributed by atoms with Crippen molar-refractivity contribution in [3.8, 4) is 5.75 Å². The number of rotatable bonds is 20. The summed E-state index contributed by atoms with van der Waals surface area (Å²) in [6.45, 7) is 3.19. The Labute approximate surface area is 354 Å². The van der Waals surface area contributed by atoms with Crippen molar-refractivity contribution < 1.29 is 55.2 Å². The predicted molar refractivity (Wildman–Crippen MR) is 223 cm³/mol. The molecule has 8 aliphatic carbocycles. The van der Waals surface area contributed by atoms with E-state index in [2.05, 4.69) is 16.0 Å². The first kappa shape index (κ1) is 45.6. The first-order valence-electron chi connectivity index (χ1n) is 22.0. The Morgan fingerprint density at radius 1 is 0.800 bits per heavy atom. The van der Waals surface area contributed by atoms with Gasteiger partial charge in [-0.25, -0.2) is 0 Å². The van der Waals surface area contributed by atoms with Crippen LogP contribution in [0.4, 0.5) is 0 Å². The molecule has 9 fully saturated rings. The minimum atomic E-state index is -3.90. The van der Waals surface area contributed by atoms with Crippen molar-refractivity contribution in [3.63, 3.8) is 0 Å². The number of hydrogen-bond acceptors (Lipinski definition) is 12. The van der Waals surface area contributed by atoms with Crippen molar-refractivity contribution >= 4 is 32.2 Å². The van der Waals surface area contributed by atoms with E-state index in [0.29, 0.717) is 88.1 Å². The van der Waals surface area contributed by atoms with Crippen molar-refractivity contribution in [2.75, 3.05) is 44.4 Å². The second-order valence-corrected chi connectivity index (χ2v) is 23.0.